The molecule has 0 aliphatic rings. The van der Waals surface area contributed by atoms with E-state index in [4.69, 9.17) is 9.15 Å². The van der Waals surface area contributed by atoms with Gasteiger partial charge in [0.25, 0.3) is 10.0 Å². The molecule has 0 atom stereocenters. The number of sulfonamides is 1. The average Bonchev–Trinajstić information content (AvgIpc) is 2.87. The molecular formula is C17H18N2O4S. The van der Waals surface area contributed by atoms with Gasteiger partial charge < -0.3 is 9.15 Å². The van der Waals surface area contributed by atoms with Gasteiger partial charge in [-0.3, -0.25) is 4.72 Å². The zero-order valence-electron chi connectivity index (χ0n) is 13.6. The lowest BCUT2D eigenvalue weighted by Gasteiger charge is -2.15. The molecule has 0 bridgehead atoms. The fraction of sp³-hybridized carbons (Fsp3) is 0.235. The fourth-order valence-electron chi connectivity index (χ4n) is 2.30. The van der Waals surface area contributed by atoms with E-state index in [0.29, 0.717) is 28.4 Å². The van der Waals surface area contributed by atoms with E-state index < -0.39 is 10.0 Å². The fourth-order valence-corrected chi connectivity index (χ4v) is 3.38. The van der Waals surface area contributed by atoms with E-state index in [1.807, 2.05) is 13.8 Å². The van der Waals surface area contributed by atoms with Crippen molar-refractivity contribution in [2.45, 2.75) is 31.8 Å². The topological polar surface area (TPSA) is 81.4 Å². The van der Waals surface area contributed by atoms with Gasteiger partial charge in [0, 0.05) is 13.0 Å². The van der Waals surface area contributed by atoms with Crippen LogP contribution in [0.2, 0.25) is 0 Å². The first kappa shape index (κ1) is 16.3. The third kappa shape index (κ3) is 3.35. The number of rotatable bonds is 5. The summed E-state index contributed by atoms with van der Waals surface area (Å²) in [4.78, 5) is 4.27. The van der Waals surface area contributed by atoms with E-state index in [-0.39, 0.29) is 11.0 Å². The number of ether oxygens (including phenoxy) is 1. The Morgan fingerprint density at radius 1 is 1.17 bits per heavy atom. The second-order valence-electron chi connectivity index (χ2n) is 5.63. The van der Waals surface area contributed by atoms with Crippen molar-refractivity contribution in [2.24, 2.45) is 0 Å². The van der Waals surface area contributed by atoms with E-state index in [9.17, 15) is 8.42 Å². The molecule has 7 heteroatoms. The van der Waals surface area contributed by atoms with E-state index in [2.05, 4.69) is 9.71 Å². The van der Waals surface area contributed by atoms with Crippen molar-refractivity contribution >= 4 is 26.8 Å². The normalized spacial score (nSPS) is 11.8. The summed E-state index contributed by atoms with van der Waals surface area (Å²) in [6.45, 7) is 5.48. The molecule has 0 unspecified atom stereocenters. The van der Waals surface area contributed by atoms with Crippen molar-refractivity contribution in [1.82, 2.24) is 4.98 Å². The Morgan fingerprint density at radius 2 is 1.92 bits per heavy atom. The lowest BCUT2D eigenvalue weighted by atomic mass is 10.3. The maximum Gasteiger partial charge on any atom is 0.262 e. The monoisotopic (exact) mass is 346 g/mol. The summed E-state index contributed by atoms with van der Waals surface area (Å²) in [5.41, 5.74) is 1.44. The van der Waals surface area contributed by atoms with Crippen LogP contribution in [0.3, 0.4) is 0 Å². The van der Waals surface area contributed by atoms with Gasteiger partial charge in [-0.25, -0.2) is 13.4 Å². The van der Waals surface area contributed by atoms with Crippen molar-refractivity contribution in [1.29, 1.82) is 0 Å². The van der Waals surface area contributed by atoms with E-state index in [1.54, 1.807) is 37.3 Å². The largest absolute Gasteiger partial charge is 0.489 e. The molecule has 1 aromatic heterocycles. The summed E-state index contributed by atoms with van der Waals surface area (Å²) in [5.74, 6) is 0.968. The quantitative estimate of drug-likeness (QED) is 0.761. The predicted molar refractivity (Wildman–Crippen MR) is 91.8 cm³/mol. The molecular weight excluding hydrogens is 328 g/mol. The van der Waals surface area contributed by atoms with Gasteiger partial charge in [0.2, 0.25) is 0 Å². The smallest absolute Gasteiger partial charge is 0.262 e. The van der Waals surface area contributed by atoms with E-state index in [0.717, 1.165) is 0 Å². The molecule has 3 rings (SSSR count). The van der Waals surface area contributed by atoms with E-state index >= 15 is 0 Å². The lowest BCUT2D eigenvalue weighted by molar-refractivity contribution is 0.244. The van der Waals surface area contributed by atoms with Gasteiger partial charge in [-0.05, 0) is 38.1 Å². The molecule has 0 radical (unpaired) electrons. The molecule has 0 fully saturated rings. The number of anilines is 1. The van der Waals surface area contributed by atoms with Gasteiger partial charge in [0.15, 0.2) is 11.5 Å². The van der Waals surface area contributed by atoms with Crippen LogP contribution in [0.25, 0.3) is 11.1 Å². The van der Waals surface area contributed by atoms with Gasteiger partial charge in [0.1, 0.15) is 11.3 Å². The average molecular weight is 346 g/mol. The number of benzene rings is 2. The lowest BCUT2D eigenvalue weighted by Crippen LogP contribution is -2.15. The van der Waals surface area contributed by atoms with Crippen molar-refractivity contribution in [3.05, 3.63) is 48.4 Å². The van der Waals surface area contributed by atoms with E-state index in [1.165, 1.54) is 12.1 Å². The third-order valence-corrected chi connectivity index (χ3v) is 4.63. The Hall–Kier alpha value is -2.54. The number of fused-ring (bicyclic) bond motifs is 1. The van der Waals surface area contributed by atoms with Crippen LogP contribution in [-0.4, -0.2) is 19.5 Å². The standard InChI is InChI=1S/C17H18N2O4S/c1-11(2)22-16-7-5-4-6-15(16)19-24(20,21)13-8-9-14-17(10-13)23-12(3)18-14/h4-11,19H,1-3H3. The summed E-state index contributed by atoms with van der Waals surface area (Å²) >= 11 is 0. The molecule has 0 saturated carbocycles. The second-order valence-corrected chi connectivity index (χ2v) is 7.31. The van der Waals surface area contributed by atoms with Crippen LogP contribution >= 0.6 is 0 Å². The molecule has 6 nitrogen and oxygen atoms in total. The number of oxazole rings is 1. The van der Waals surface area contributed by atoms with Crippen molar-refractivity contribution in [3.8, 4) is 5.75 Å². The van der Waals surface area contributed by atoms with Gasteiger partial charge in [-0.2, -0.15) is 0 Å². The Balaban J connectivity index is 1.95. The van der Waals surface area contributed by atoms with Crippen LogP contribution in [0.5, 0.6) is 5.75 Å². The van der Waals surface area contributed by atoms with Crippen LogP contribution in [0.15, 0.2) is 51.8 Å². The molecule has 1 N–H and O–H groups in total. The van der Waals surface area contributed by atoms with Crippen LogP contribution in [-0.2, 0) is 10.0 Å². The van der Waals surface area contributed by atoms with Crippen LogP contribution in [0.1, 0.15) is 19.7 Å². The molecule has 0 saturated heterocycles. The SMILES string of the molecule is Cc1nc2ccc(S(=O)(=O)Nc3ccccc3OC(C)C)cc2o1. The minimum absolute atomic E-state index is 0.0656. The number of hydrogen-bond acceptors (Lipinski definition) is 5. The van der Waals surface area contributed by atoms with Crippen LogP contribution < -0.4 is 9.46 Å². The number of hydrogen-bond donors (Lipinski definition) is 1. The summed E-state index contributed by atoms with van der Waals surface area (Å²) in [5, 5.41) is 0. The first-order valence-corrected chi connectivity index (χ1v) is 8.99. The molecule has 24 heavy (non-hydrogen) atoms. The molecule has 0 aliphatic carbocycles. The van der Waals surface area contributed by atoms with Crippen molar-refractivity contribution in [2.75, 3.05) is 4.72 Å². The maximum absolute atomic E-state index is 12.7. The number of aryl methyl sites for hydroxylation is 1. The minimum atomic E-state index is -3.77. The van der Waals surface area contributed by atoms with Crippen LogP contribution in [0, 0.1) is 6.92 Å². The Bertz CT molecular complexity index is 977. The first-order chi connectivity index (χ1) is 11.3. The molecule has 2 aromatic carbocycles. The molecule has 0 aliphatic heterocycles. The molecule has 126 valence electrons. The highest BCUT2D eigenvalue weighted by molar-refractivity contribution is 7.92. The maximum atomic E-state index is 12.7. The summed E-state index contributed by atoms with van der Waals surface area (Å²) in [6, 6.07) is 11.5. The third-order valence-electron chi connectivity index (χ3n) is 3.27. The number of aromatic nitrogens is 1. The number of nitrogens with zero attached hydrogens (tertiary/aromatic N) is 1. The highest BCUT2D eigenvalue weighted by Crippen LogP contribution is 2.28. The zero-order chi connectivity index (χ0) is 17.3. The Morgan fingerprint density at radius 3 is 2.67 bits per heavy atom. The highest BCUT2D eigenvalue weighted by atomic mass is 32.2. The second kappa shape index (κ2) is 6.16. The molecule has 1 heterocycles. The first-order valence-electron chi connectivity index (χ1n) is 7.51. The van der Waals surface area contributed by atoms with Crippen molar-refractivity contribution < 1.29 is 17.6 Å². The Kier molecular flexibility index (Phi) is 4.19. The van der Waals surface area contributed by atoms with Gasteiger partial charge in [-0.15, -0.1) is 0 Å². The van der Waals surface area contributed by atoms with Crippen molar-refractivity contribution in [3.63, 3.8) is 0 Å². The molecule has 0 amide bonds. The molecule has 0 spiro atoms. The van der Waals surface area contributed by atoms with Gasteiger partial charge >= 0.3 is 0 Å². The van der Waals surface area contributed by atoms with Gasteiger partial charge in [0.05, 0.1) is 16.7 Å². The van der Waals surface area contributed by atoms with Gasteiger partial charge in [-0.1, -0.05) is 12.1 Å². The number of nitrogens with one attached hydrogen (secondary N) is 1. The minimum Gasteiger partial charge on any atom is -0.489 e. The summed E-state index contributed by atoms with van der Waals surface area (Å²) in [7, 11) is -3.77. The highest BCUT2D eigenvalue weighted by Gasteiger charge is 2.18. The van der Waals surface area contributed by atoms with Crippen LogP contribution in [0.4, 0.5) is 5.69 Å². The molecule has 3 aromatic rings. The summed E-state index contributed by atoms with van der Waals surface area (Å²) < 4.78 is 38.9. The summed E-state index contributed by atoms with van der Waals surface area (Å²) in [6.07, 6.45) is -0.0656. The predicted octanol–water partition coefficient (Wildman–Crippen LogP) is 3.72. The zero-order valence-corrected chi connectivity index (χ0v) is 14.4. The Labute approximate surface area is 140 Å². The number of para-hydroxylation sites is 2.